The van der Waals surface area contributed by atoms with Crippen LogP contribution in [0.4, 0.5) is 5.69 Å². The summed E-state index contributed by atoms with van der Waals surface area (Å²) >= 11 is 0. The second-order valence-electron chi connectivity index (χ2n) is 6.54. The number of aliphatic carboxylic acids is 1. The molecule has 1 aliphatic heterocycles. The van der Waals surface area contributed by atoms with Crippen LogP contribution < -0.4 is 0 Å². The molecule has 120 valence electrons. The molecule has 1 heterocycles. The lowest BCUT2D eigenvalue weighted by Gasteiger charge is -2.21. The molecule has 0 amide bonds. The lowest BCUT2D eigenvalue weighted by molar-refractivity contribution is -0.439. The van der Waals surface area contributed by atoms with Gasteiger partial charge in [-0.3, -0.25) is 4.79 Å². The first-order valence-corrected chi connectivity index (χ1v) is 8.43. The van der Waals surface area contributed by atoms with E-state index >= 15 is 0 Å². The standard InChI is InChI=1S/C19H27NO2/c1-4-13-19(3)15(2)20(14-9-5-6-12-18(21)22)17-11-8-7-10-16(17)19/h7-8,10-11H,4-6,9,12-14H2,1-3H3/p+1. The van der Waals surface area contributed by atoms with Gasteiger partial charge in [0.1, 0.15) is 6.54 Å². The lowest BCUT2D eigenvalue weighted by Crippen LogP contribution is -2.30. The maximum atomic E-state index is 10.6. The first-order valence-electron chi connectivity index (χ1n) is 8.43. The number of unbranched alkanes of at least 4 members (excludes halogenated alkanes) is 2. The van der Waals surface area contributed by atoms with E-state index in [1.54, 1.807) is 0 Å². The molecule has 1 N–H and O–H groups in total. The normalized spacial score (nSPS) is 20.3. The molecule has 1 aliphatic rings. The van der Waals surface area contributed by atoms with E-state index in [9.17, 15) is 4.79 Å². The van der Waals surface area contributed by atoms with Gasteiger partial charge in [-0.2, -0.15) is 4.58 Å². The Morgan fingerprint density at radius 3 is 2.64 bits per heavy atom. The smallest absolute Gasteiger partial charge is 0.303 e. The van der Waals surface area contributed by atoms with Crippen LogP contribution >= 0.6 is 0 Å². The summed E-state index contributed by atoms with van der Waals surface area (Å²) < 4.78 is 2.45. The van der Waals surface area contributed by atoms with Crippen LogP contribution in [0, 0.1) is 0 Å². The van der Waals surface area contributed by atoms with Crippen molar-refractivity contribution in [1.29, 1.82) is 0 Å². The second kappa shape index (κ2) is 7.08. The number of nitrogens with zero attached hydrogens (tertiary/aromatic N) is 1. The molecule has 1 unspecified atom stereocenters. The lowest BCUT2D eigenvalue weighted by atomic mass is 9.76. The van der Waals surface area contributed by atoms with Crippen molar-refractivity contribution in [1.82, 2.24) is 0 Å². The number of para-hydroxylation sites is 1. The number of carboxylic acids is 1. The number of carbonyl (C=O) groups is 1. The summed E-state index contributed by atoms with van der Waals surface area (Å²) in [7, 11) is 0. The Morgan fingerprint density at radius 1 is 1.23 bits per heavy atom. The van der Waals surface area contributed by atoms with Crippen LogP contribution in [0.5, 0.6) is 0 Å². The number of benzene rings is 1. The quantitative estimate of drug-likeness (QED) is 0.567. The second-order valence-corrected chi connectivity index (χ2v) is 6.54. The highest BCUT2D eigenvalue weighted by Gasteiger charge is 2.45. The van der Waals surface area contributed by atoms with Crippen molar-refractivity contribution in [2.75, 3.05) is 6.54 Å². The molecule has 1 aromatic carbocycles. The number of fused-ring (bicyclic) bond motifs is 1. The molecule has 0 spiro atoms. The van der Waals surface area contributed by atoms with Gasteiger partial charge in [-0.15, -0.1) is 0 Å². The van der Waals surface area contributed by atoms with Crippen molar-refractivity contribution >= 4 is 17.4 Å². The molecule has 0 fully saturated rings. The van der Waals surface area contributed by atoms with E-state index in [1.165, 1.54) is 29.8 Å². The Balaban J connectivity index is 2.12. The van der Waals surface area contributed by atoms with E-state index < -0.39 is 5.97 Å². The highest BCUT2D eigenvalue weighted by Crippen LogP contribution is 2.42. The third-order valence-electron chi connectivity index (χ3n) is 5.02. The van der Waals surface area contributed by atoms with E-state index in [-0.39, 0.29) is 11.8 Å². The van der Waals surface area contributed by atoms with Crippen LogP contribution in [-0.4, -0.2) is 27.9 Å². The van der Waals surface area contributed by atoms with Crippen molar-refractivity contribution in [3.63, 3.8) is 0 Å². The average Bonchev–Trinajstić information content (AvgIpc) is 2.69. The number of carboxylic acid groups (broad SMARTS) is 1. The zero-order valence-electron chi connectivity index (χ0n) is 14.1. The van der Waals surface area contributed by atoms with Crippen molar-refractivity contribution in [3.8, 4) is 0 Å². The van der Waals surface area contributed by atoms with E-state index in [0.717, 1.165) is 25.8 Å². The van der Waals surface area contributed by atoms with Gasteiger partial charge in [-0.05, 0) is 26.2 Å². The average molecular weight is 302 g/mol. The maximum absolute atomic E-state index is 10.6. The van der Waals surface area contributed by atoms with Crippen LogP contribution in [0.3, 0.4) is 0 Å². The zero-order chi connectivity index (χ0) is 16.2. The Morgan fingerprint density at radius 2 is 1.95 bits per heavy atom. The van der Waals surface area contributed by atoms with Gasteiger partial charge in [-0.1, -0.05) is 31.5 Å². The highest BCUT2D eigenvalue weighted by molar-refractivity contribution is 5.93. The molecule has 0 aliphatic carbocycles. The molecule has 0 aromatic heterocycles. The van der Waals surface area contributed by atoms with Crippen LogP contribution in [-0.2, 0) is 10.2 Å². The maximum Gasteiger partial charge on any atom is 0.303 e. The molecular weight excluding hydrogens is 274 g/mol. The van der Waals surface area contributed by atoms with Gasteiger partial charge < -0.3 is 5.11 Å². The summed E-state index contributed by atoms with van der Waals surface area (Å²) in [6, 6.07) is 8.73. The summed E-state index contributed by atoms with van der Waals surface area (Å²) in [4.78, 5) is 10.6. The van der Waals surface area contributed by atoms with Crippen LogP contribution in [0.25, 0.3) is 0 Å². The fraction of sp³-hybridized carbons (Fsp3) is 0.579. The van der Waals surface area contributed by atoms with Crippen LogP contribution in [0.1, 0.15) is 64.9 Å². The molecule has 1 atom stereocenters. The van der Waals surface area contributed by atoms with E-state index in [2.05, 4.69) is 49.6 Å². The minimum Gasteiger partial charge on any atom is -0.481 e. The first kappa shape index (κ1) is 16.7. The van der Waals surface area contributed by atoms with Gasteiger partial charge in [0.05, 0.1) is 5.41 Å². The minimum atomic E-state index is -0.690. The first-order chi connectivity index (χ1) is 10.5. The number of hydrogen-bond acceptors (Lipinski definition) is 1. The van der Waals surface area contributed by atoms with E-state index in [4.69, 9.17) is 5.11 Å². The van der Waals surface area contributed by atoms with Gasteiger partial charge in [0.25, 0.3) is 0 Å². The molecule has 1 aromatic rings. The monoisotopic (exact) mass is 302 g/mol. The van der Waals surface area contributed by atoms with Gasteiger partial charge in [0.15, 0.2) is 5.71 Å². The van der Waals surface area contributed by atoms with Crippen LogP contribution in [0.2, 0.25) is 0 Å². The molecular formula is C19H28NO2+. The SMILES string of the molecule is CCCC1(C)C(C)=[N+](CCCCCC(=O)O)c2ccccc21. The van der Waals surface area contributed by atoms with E-state index in [0.29, 0.717) is 0 Å². The molecule has 22 heavy (non-hydrogen) atoms. The van der Waals surface area contributed by atoms with Gasteiger partial charge in [0.2, 0.25) is 5.69 Å². The Hall–Kier alpha value is -1.64. The summed E-state index contributed by atoms with van der Waals surface area (Å²) in [5.41, 5.74) is 4.37. The highest BCUT2D eigenvalue weighted by atomic mass is 16.4. The third kappa shape index (κ3) is 3.23. The summed E-state index contributed by atoms with van der Waals surface area (Å²) in [6.45, 7) is 7.85. The molecule has 0 saturated carbocycles. The van der Waals surface area contributed by atoms with Crippen molar-refractivity contribution < 1.29 is 14.5 Å². The summed E-state index contributed by atoms with van der Waals surface area (Å²) in [5, 5.41) is 8.71. The summed E-state index contributed by atoms with van der Waals surface area (Å²) in [6.07, 6.45) is 5.42. The predicted octanol–water partition coefficient (Wildman–Crippen LogP) is 4.51. The molecule has 0 saturated heterocycles. The van der Waals surface area contributed by atoms with Crippen LogP contribution in [0.15, 0.2) is 24.3 Å². The summed E-state index contributed by atoms with van der Waals surface area (Å²) in [5.74, 6) is -0.690. The van der Waals surface area contributed by atoms with Gasteiger partial charge >= 0.3 is 5.97 Å². The molecule has 2 rings (SSSR count). The largest absolute Gasteiger partial charge is 0.481 e. The number of rotatable bonds is 8. The fourth-order valence-corrected chi connectivity index (χ4v) is 3.68. The Kier molecular flexibility index (Phi) is 5.38. The van der Waals surface area contributed by atoms with Gasteiger partial charge in [-0.25, -0.2) is 0 Å². The molecule has 0 radical (unpaired) electrons. The third-order valence-corrected chi connectivity index (χ3v) is 5.02. The Labute approximate surface area is 133 Å². The predicted molar refractivity (Wildman–Crippen MR) is 90.3 cm³/mol. The fourth-order valence-electron chi connectivity index (χ4n) is 3.68. The van der Waals surface area contributed by atoms with Gasteiger partial charge in [0, 0.05) is 31.4 Å². The molecule has 3 heteroatoms. The van der Waals surface area contributed by atoms with Crippen molar-refractivity contribution in [2.24, 2.45) is 0 Å². The molecule has 3 nitrogen and oxygen atoms in total. The van der Waals surface area contributed by atoms with E-state index in [1.807, 2.05) is 0 Å². The Bertz CT molecular complexity index is 577. The van der Waals surface area contributed by atoms with Crippen molar-refractivity contribution in [3.05, 3.63) is 29.8 Å². The minimum absolute atomic E-state index is 0.145. The molecule has 0 bridgehead atoms. The van der Waals surface area contributed by atoms with Crippen molar-refractivity contribution in [2.45, 2.75) is 64.7 Å². The topological polar surface area (TPSA) is 40.3 Å². The zero-order valence-corrected chi connectivity index (χ0v) is 14.1. The number of hydrogen-bond donors (Lipinski definition) is 1.